The molecule has 0 fully saturated rings. The van der Waals surface area contributed by atoms with Gasteiger partial charge in [-0.25, -0.2) is 0 Å². The average Bonchev–Trinajstić information content (AvgIpc) is 2.01. The second-order valence-corrected chi connectivity index (χ2v) is 6.23. The molecule has 0 aromatic heterocycles. The zero-order chi connectivity index (χ0) is 11.4. The smallest absolute Gasteiger partial charge is 0.236 e. The van der Waals surface area contributed by atoms with Crippen molar-refractivity contribution >= 4 is 21.8 Å². The quantitative estimate of drug-likeness (QED) is 0.772. The second-order valence-electron chi connectivity index (χ2n) is 4.25. The van der Waals surface area contributed by atoms with Crippen molar-refractivity contribution in [1.29, 1.82) is 0 Å². The lowest BCUT2D eigenvalue weighted by molar-refractivity contribution is -0.123. The number of nitrogens with one attached hydrogen (secondary N) is 1. The summed E-state index contributed by atoms with van der Waals surface area (Å²) in [5, 5.41) is 2.95. The molecule has 1 amide bonds. The molecule has 4 heteroatoms. The molecule has 0 radical (unpaired) electrons. The maximum atomic E-state index is 11.6. The zero-order valence-corrected chi connectivity index (χ0v) is 11.1. The lowest BCUT2D eigenvalue weighted by Gasteiger charge is -2.25. The van der Waals surface area contributed by atoms with Crippen molar-refractivity contribution in [2.45, 2.75) is 38.1 Å². The Bertz CT molecular complexity index is 187. The Morgan fingerprint density at radius 1 is 1.50 bits per heavy atom. The monoisotopic (exact) mass is 265 g/mol. The van der Waals surface area contributed by atoms with Crippen LogP contribution in [0.25, 0.3) is 0 Å². The van der Waals surface area contributed by atoms with Gasteiger partial charge in [0.1, 0.15) is 0 Å². The summed E-state index contributed by atoms with van der Waals surface area (Å²) in [6.07, 6.45) is 0. The molecule has 0 aromatic carbocycles. The minimum absolute atomic E-state index is 0.00625. The molecule has 1 N–H and O–H groups in total. The van der Waals surface area contributed by atoms with Gasteiger partial charge in [0.2, 0.25) is 5.91 Å². The molecule has 0 aromatic rings. The van der Waals surface area contributed by atoms with Crippen LogP contribution in [0.15, 0.2) is 0 Å². The number of ether oxygens (including phenoxy) is 1. The minimum Gasteiger partial charge on any atom is -0.383 e. The van der Waals surface area contributed by atoms with Gasteiger partial charge in [-0.3, -0.25) is 4.79 Å². The molecule has 0 saturated carbocycles. The highest BCUT2D eigenvalue weighted by Crippen LogP contribution is 2.16. The lowest BCUT2D eigenvalue weighted by atomic mass is 10.0. The molecule has 0 aliphatic heterocycles. The molecule has 0 spiro atoms. The standard InChI is InChI=1S/C10H20BrNO2/c1-7(2)8(6-14-5)12-9(13)10(3,4)11/h7-8H,6H2,1-5H3,(H,12,13). The third-order valence-electron chi connectivity index (χ3n) is 2.01. The first kappa shape index (κ1) is 13.9. The Kier molecular flexibility index (Phi) is 5.67. The predicted octanol–water partition coefficient (Wildman–Crippen LogP) is 1.95. The number of alkyl halides is 1. The number of rotatable bonds is 5. The van der Waals surface area contributed by atoms with Crippen molar-refractivity contribution in [3.8, 4) is 0 Å². The van der Waals surface area contributed by atoms with E-state index in [9.17, 15) is 4.79 Å². The van der Waals surface area contributed by atoms with Crippen molar-refractivity contribution in [3.05, 3.63) is 0 Å². The molecule has 0 bridgehead atoms. The van der Waals surface area contributed by atoms with Crippen LogP contribution in [-0.4, -0.2) is 30.0 Å². The Morgan fingerprint density at radius 2 is 2.00 bits per heavy atom. The number of carbonyl (C=O) groups excluding carboxylic acids is 1. The van der Waals surface area contributed by atoms with E-state index in [1.807, 2.05) is 13.8 Å². The number of hydrogen-bond donors (Lipinski definition) is 1. The Balaban J connectivity index is 4.24. The molecule has 14 heavy (non-hydrogen) atoms. The maximum absolute atomic E-state index is 11.6. The molecule has 84 valence electrons. The summed E-state index contributed by atoms with van der Waals surface area (Å²) in [5.74, 6) is 0.363. The van der Waals surface area contributed by atoms with Gasteiger partial charge in [0.05, 0.1) is 17.0 Å². The Labute approximate surface area is 94.7 Å². The third kappa shape index (κ3) is 4.96. The van der Waals surface area contributed by atoms with E-state index in [-0.39, 0.29) is 11.9 Å². The summed E-state index contributed by atoms with van der Waals surface area (Å²) in [7, 11) is 1.64. The summed E-state index contributed by atoms with van der Waals surface area (Å²) >= 11 is 3.32. The van der Waals surface area contributed by atoms with Crippen LogP contribution in [0, 0.1) is 5.92 Å². The number of halogens is 1. The molecule has 1 atom stereocenters. The van der Waals surface area contributed by atoms with Crippen molar-refractivity contribution in [1.82, 2.24) is 5.32 Å². The van der Waals surface area contributed by atoms with Crippen molar-refractivity contribution in [2.75, 3.05) is 13.7 Å². The highest BCUT2D eigenvalue weighted by Gasteiger charge is 2.26. The van der Waals surface area contributed by atoms with E-state index in [1.54, 1.807) is 7.11 Å². The maximum Gasteiger partial charge on any atom is 0.236 e. The van der Waals surface area contributed by atoms with Gasteiger partial charge in [-0.2, -0.15) is 0 Å². The molecule has 0 aliphatic rings. The van der Waals surface area contributed by atoms with Crippen LogP contribution in [0.1, 0.15) is 27.7 Å². The van der Waals surface area contributed by atoms with E-state index in [4.69, 9.17) is 4.74 Å². The first-order valence-corrected chi connectivity index (χ1v) is 5.57. The van der Waals surface area contributed by atoms with E-state index in [0.717, 1.165) is 0 Å². The average molecular weight is 266 g/mol. The van der Waals surface area contributed by atoms with Gasteiger partial charge < -0.3 is 10.1 Å². The lowest BCUT2D eigenvalue weighted by Crippen LogP contribution is -2.47. The topological polar surface area (TPSA) is 38.3 Å². The van der Waals surface area contributed by atoms with Gasteiger partial charge >= 0.3 is 0 Å². The molecule has 3 nitrogen and oxygen atoms in total. The third-order valence-corrected chi connectivity index (χ3v) is 2.37. The SMILES string of the molecule is COCC(NC(=O)C(C)(C)Br)C(C)C. The van der Waals surface area contributed by atoms with E-state index in [2.05, 4.69) is 35.1 Å². The summed E-state index contributed by atoms with van der Waals surface area (Å²) < 4.78 is 4.53. The molecular weight excluding hydrogens is 246 g/mol. The van der Waals surface area contributed by atoms with Gasteiger partial charge in [0, 0.05) is 7.11 Å². The molecule has 1 unspecified atom stereocenters. The van der Waals surface area contributed by atoms with Crippen LogP contribution >= 0.6 is 15.9 Å². The van der Waals surface area contributed by atoms with Crippen LogP contribution in [-0.2, 0) is 9.53 Å². The van der Waals surface area contributed by atoms with Gasteiger partial charge in [-0.05, 0) is 19.8 Å². The highest BCUT2D eigenvalue weighted by molar-refractivity contribution is 9.10. The normalized spacial score (nSPS) is 14.2. The number of hydrogen-bond acceptors (Lipinski definition) is 2. The number of methoxy groups -OCH3 is 1. The van der Waals surface area contributed by atoms with Gasteiger partial charge in [-0.1, -0.05) is 29.8 Å². The fourth-order valence-electron chi connectivity index (χ4n) is 0.920. The highest BCUT2D eigenvalue weighted by atomic mass is 79.9. The van der Waals surface area contributed by atoms with Crippen molar-refractivity contribution < 1.29 is 9.53 Å². The van der Waals surface area contributed by atoms with Crippen LogP contribution in [0.4, 0.5) is 0 Å². The summed E-state index contributed by atoms with van der Waals surface area (Å²) in [5.41, 5.74) is 0. The molecule has 0 heterocycles. The largest absolute Gasteiger partial charge is 0.383 e. The Morgan fingerprint density at radius 3 is 2.29 bits per heavy atom. The summed E-state index contributed by atoms with van der Waals surface area (Å²) in [6.45, 7) is 8.32. The van der Waals surface area contributed by atoms with Crippen molar-refractivity contribution in [2.24, 2.45) is 5.92 Å². The van der Waals surface area contributed by atoms with E-state index < -0.39 is 4.32 Å². The fraction of sp³-hybridized carbons (Fsp3) is 0.900. The molecule has 0 saturated heterocycles. The van der Waals surface area contributed by atoms with Crippen molar-refractivity contribution in [3.63, 3.8) is 0 Å². The van der Waals surface area contributed by atoms with Gasteiger partial charge in [0.15, 0.2) is 0 Å². The molecule has 0 aliphatic carbocycles. The van der Waals surface area contributed by atoms with E-state index >= 15 is 0 Å². The summed E-state index contributed by atoms with van der Waals surface area (Å²) in [6, 6.07) is 0.0734. The second kappa shape index (κ2) is 5.71. The van der Waals surface area contributed by atoms with Gasteiger partial charge in [-0.15, -0.1) is 0 Å². The van der Waals surface area contributed by atoms with Crippen LogP contribution < -0.4 is 5.32 Å². The first-order chi connectivity index (χ1) is 6.29. The number of carbonyl (C=O) groups is 1. The fourth-order valence-corrected chi connectivity index (χ4v) is 1.03. The number of amides is 1. The van der Waals surface area contributed by atoms with E-state index in [0.29, 0.717) is 12.5 Å². The van der Waals surface area contributed by atoms with Gasteiger partial charge in [0.25, 0.3) is 0 Å². The van der Waals surface area contributed by atoms with Crippen LogP contribution in [0.5, 0.6) is 0 Å². The van der Waals surface area contributed by atoms with Crippen LogP contribution in [0.2, 0.25) is 0 Å². The van der Waals surface area contributed by atoms with Crippen LogP contribution in [0.3, 0.4) is 0 Å². The molecule has 0 rings (SSSR count). The van der Waals surface area contributed by atoms with E-state index in [1.165, 1.54) is 0 Å². The molecular formula is C10H20BrNO2. The zero-order valence-electron chi connectivity index (χ0n) is 9.56. The first-order valence-electron chi connectivity index (χ1n) is 4.77. The Hall–Kier alpha value is -0.0900. The predicted molar refractivity (Wildman–Crippen MR) is 61.7 cm³/mol. The summed E-state index contributed by atoms with van der Waals surface area (Å²) in [4.78, 5) is 11.6. The minimum atomic E-state index is -0.520.